The van der Waals surface area contributed by atoms with Crippen molar-refractivity contribution in [2.24, 2.45) is 93.7 Å². The van der Waals surface area contributed by atoms with Gasteiger partial charge in [-0.15, -0.1) is 0 Å². The van der Waals surface area contributed by atoms with Gasteiger partial charge in [-0.2, -0.15) is 0 Å². The number of fused-ring (bicyclic) bond motifs is 5. The lowest BCUT2D eigenvalue weighted by Crippen LogP contribution is -2.57. The Morgan fingerprint density at radius 1 is 0.613 bits per heavy atom. The number of ketones is 2. The third-order valence-electron chi connectivity index (χ3n) is 23.0. The highest BCUT2D eigenvalue weighted by Gasteiger charge is 2.64. The Balaban J connectivity index is 0.782. The fourth-order valence-corrected chi connectivity index (χ4v) is 17.0. The molecular formula is C68H100O12. The number of ether oxygens (including phenoxy) is 8. The summed E-state index contributed by atoms with van der Waals surface area (Å²) in [6.45, 7) is 29.7. The first kappa shape index (κ1) is 61.1. The van der Waals surface area contributed by atoms with Crippen LogP contribution in [-0.4, -0.2) is 92.2 Å². The molecule has 12 nitrogen and oxygen atoms in total. The predicted molar refractivity (Wildman–Crippen MR) is 307 cm³/mol. The van der Waals surface area contributed by atoms with Crippen LogP contribution in [0.1, 0.15) is 188 Å². The molecule has 0 radical (unpaired) electrons. The van der Waals surface area contributed by atoms with Crippen LogP contribution in [0.2, 0.25) is 0 Å². The molecule has 7 fully saturated rings. The highest BCUT2D eigenvalue weighted by Crippen LogP contribution is 2.68. The first-order chi connectivity index (χ1) is 38.2. The average Bonchev–Trinajstić information content (AvgIpc) is 3.88. The number of carbonyl (C=O) groups excluding carboxylic acids is 4. The smallest absolute Gasteiger partial charge is 0.338 e. The Morgan fingerprint density at radius 2 is 1.18 bits per heavy atom. The molecule has 9 rings (SSSR count). The van der Waals surface area contributed by atoms with E-state index in [-0.39, 0.29) is 95.6 Å². The van der Waals surface area contributed by atoms with Crippen molar-refractivity contribution < 1.29 is 57.1 Å². The molecule has 444 valence electrons. The molecule has 0 aromatic heterocycles. The quantitative estimate of drug-likeness (QED) is 0.0976. The van der Waals surface area contributed by atoms with Crippen molar-refractivity contribution in [3.05, 3.63) is 71.8 Å². The van der Waals surface area contributed by atoms with Crippen molar-refractivity contribution in [1.29, 1.82) is 0 Å². The van der Waals surface area contributed by atoms with E-state index in [9.17, 15) is 19.2 Å². The van der Waals surface area contributed by atoms with E-state index in [4.69, 9.17) is 37.9 Å². The molecule has 4 saturated carbocycles. The lowest BCUT2D eigenvalue weighted by molar-refractivity contribution is -0.300. The van der Waals surface area contributed by atoms with Crippen LogP contribution in [0.15, 0.2) is 60.7 Å². The number of hydrogen-bond acceptors (Lipinski definition) is 12. The molecular weight excluding hydrogens is 1010 g/mol. The van der Waals surface area contributed by atoms with Crippen LogP contribution in [-0.2, 0) is 47.5 Å². The molecule has 0 N–H and O–H groups in total. The zero-order valence-electron chi connectivity index (χ0n) is 50.9. The lowest BCUT2D eigenvalue weighted by Gasteiger charge is -2.61. The first-order valence-electron chi connectivity index (χ1n) is 31.6. The summed E-state index contributed by atoms with van der Waals surface area (Å²) < 4.78 is 52.5. The van der Waals surface area contributed by atoms with E-state index >= 15 is 0 Å². The molecule has 2 aromatic carbocycles. The van der Waals surface area contributed by atoms with E-state index in [1.807, 2.05) is 39.8 Å². The van der Waals surface area contributed by atoms with Gasteiger partial charge >= 0.3 is 11.9 Å². The molecule has 0 spiro atoms. The zero-order valence-corrected chi connectivity index (χ0v) is 50.9. The number of esters is 2. The van der Waals surface area contributed by atoms with Gasteiger partial charge in [0, 0.05) is 42.4 Å². The van der Waals surface area contributed by atoms with Crippen LogP contribution >= 0.6 is 0 Å². The van der Waals surface area contributed by atoms with Gasteiger partial charge in [-0.1, -0.05) is 126 Å². The van der Waals surface area contributed by atoms with E-state index < -0.39 is 30.4 Å². The second kappa shape index (κ2) is 25.8. The van der Waals surface area contributed by atoms with Crippen molar-refractivity contribution >= 4 is 23.5 Å². The Morgan fingerprint density at radius 3 is 1.81 bits per heavy atom. The minimum absolute atomic E-state index is 0.0531. The Bertz CT molecular complexity index is 2400. The maximum absolute atomic E-state index is 14.4. The number of benzene rings is 2. The monoisotopic (exact) mass is 1110 g/mol. The zero-order chi connectivity index (χ0) is 57.4. The van der Waals surface area contributed by atoms with Crippen LogP contribution in [0.5, 0.6) is 0 Å². The van der Waals surface area contributed by atoms with Gasteiger partial charge in [-0.25, -0.2) is 9.59 Å². The van der Waals surface area contributed by atoms with Crippen LogP contribution < -0.4 is 0 Å². The third-order valence-corrected chi connectivity index (χ3v) is 23.0. The largest absolute Gasteiger partial charge is 0.454 e. The highest BCUT2D eigenvalue weighted by atomic mass is 16.7. The van der Waals surface area contributed by atoms with Crippen LogP contribution in [0, 0.1) is 93.7 Å². The second-order valence-corrected chi connectivity index (χ2v) is 27.4. The Kier molecular flexibility index (Phi) is 19.7. The van der Waals surface area contributed by atoms with Gasteiger partial charge < -0.3 is 37.9 Å². The fourth-order valence-electron chi connectivity index (χ4n) is 17.0. The molecule has 80 heavy (non-hydrogen) atoms. The van der Waals surface area contributed by atoms with E-state index in [0.717, 1.165) is 51.4 Å². The topological polar surface area (TPSA) is 142 Å². The van der Waals surface area contributed by atoms with Crippen molar-refractivity contribution in [3.63, 3.8) is 0 Å². The second-order valence-electron chi connectivity index (χ2n) is 27.4. The molecule has 3 aliphatic heterocycles. The standard InChI is InChI=1S/C68H100O12/c1-14-56-41(6)39(4)43(8)64(76-56)74-37-58-42(7)40(5)44(9)65(78-58)75-50-30-32-67(12)49(34-50)27-28-51-52(67)31-33-68(13)53(51)35-55(70)59(68)45(10)54(69)29-26-38(3)36-73-66-61(80-63(72)48-24-20-17-21-25-48)60(46(11)57(15-2)77-66)79-62(71)47-22-18-16-19-23-47/h16-25,38-46,49-53,56-61,64-66H,14-15,26-37H2,1-13H3/t38-,39-,40-,41-,42-,43?,44?,45+,46+,49?,50?,51?,52?,53?,56?,57?,58?,59?,60-,61?,64+,65+,66+,67?,68?/m0/s1. The predicted octanol–water partition coefficient (Wildman–Crippen LogP) is 13.8. The van der Waals surface area contributed by atoms with E-state index in [1.54, 1.807) is 48.5 Å². The first-order valence-corrected chi connectivity index (χ1v) is 31.6. The minimum atomic E-state index is -1.05. The summed E-state index contributed by atoms with van der Waals surface area (Å²) in [4.78, 5) is 55.9. The fraction of sp³-hybridized carbons (Fsp3) is 0.765. The summed E-state index contributed by atoms with van der Waals surface area (Å²) in [6, 6.07) is 17.5. The molecule has 3 saturated heterocycles. The van der Waals surface area contributed by atoms with Crippen LogP contribution in [0.4, 0.5) is 0 Å². The highest BCUT2D eigenvalue weighted by molar-refractivity contribution is 5.92. The number of Topliss-reactive ketones (excluding diaryl/α,β-unsaturated/α-hetero) is 2. The number of hydrogen-bond donors (Lipinski definition) is 0. The molecule has 7 aliphatic rings. The number of carbonyl (C=O) groups is 4. The van der Waals surface area contributed by atoms with E-state index in [0.29, 0.717) is 96.7 Å². The van der Waals surface area contributed by atoms with Gasteiger partial charge in [0.05, 0.1) is 48.8 Å². The molecule has 3 heterocycles. The number of rotatable bonds is 19. The summed E-state index contributed by atoms with van der Waals surface area (Å²) in [5.74, 6) is 2.60. The Labute approximate surface area is 479 Å². The third kappa shape index (κ3) is 12.3. The molecule has 0 bridgehead atoms. The van der Waals surface area contributed by atoms with E-state index in [1.165, 1.54) is 0 Å². The van der Waals surface area contributed by atoms with Crippen LogP contribution in [0.3, 0.4) is 0 Å². The summed E-state index contributed by atoms with van der Waals surface area (Å²) in [6.07, 6.45) is 7.24. The molecule has 0 amide bonds. The van der Waals surface area contributed by atoms with Crippen molar-refractivity contribution in [2.45, 2.75) is 223 Å². The SMILES string of the molecule is CCC1O[C@@H](OCC2O[C@@H](OC3CCC4(C)C(CCC5C4CCC4(C)C5CC(=O)C4[C@H](C)C(=O)CC[C@H](C)CO[C@@H]4OC(CC)[C@@H](C)[C@H](OC(=O)c5ccccc5)C4OC(=O)c4ccccc4)C3)C(C)[C@@H](C)[C@@H]2C)C(C)[C@@H](C)[C@@H]1C. The van der Waals surface area contributed by atoms with Gasteiger partial charge in [-0.3, -0.25) is 9.59 Å². The summed E-state index contributed by atoms with van der Waals surface area (Å²) >= 11 is 0. The molecule has 2 aromatic rings. The maximum atomic E-state index is 14.4. The van der Waals surface area contributed by atoms with Crippen molar-refractivity contribution in [2.75, 3.05) is 13.2 Å². The maximum Gasteiger partial charge on any atom is 0.338 e. The van der Waals surface area contributed by atoms with Gasteiger partial charge in [0.1, 0.15) is 17.7 Å². The summed E-state index contributed by atoms with van der Waals surface area (Å²) in [7, 11) is 0. The molecule has 12 heteroatoms. The average molecular weight is 1110 g/mol. The summed E-state index contributed by atoms with van der Waals surface area (Å²) in [5.41, 5.74) is 0.743. The molecule has 14 unspecified atom stereocenters. The Hall–Kier alpha value is -3.52. The molecule has 25 atom stereocenters. The minimum Gasteiger partial charge on any atom is -0.454 e. The van der Waals surface area contributed by atoms with Gasteiger partial charge in [0.2, 0.25) is 0 Å². The summed E-state index contributed by atoms with van der Waals surface area (Å²) in [5, 5.41) is 0. The van der Waals surface area contributed by atoms with Gasteiger partial charge in [-0.05, 0) is 153 Å². The molecule has 4 aliphatic carbocycles. The van der Waals surface area contributed by atoms with Gasteiger partial charge in [0.15, 0.2) is 25.0 Å². The van der Waals surface area contributed by atoms with Gasteiger partial charge in [0.25, 0.3) is 0 Å². The lowest BCUT2D eigenvalue weighted by atomic mass is 9.44. The normalized spacial score (nSPS) is 42.5. The van der Waals surface area contributed by atoms with Crippen molar-refractivity contribution in [3.8, 4) is 0 Å². The van der Waals surface area contributed by atoms with E-state index in [2.05, 4.69) is 62.3 Å². The van der Waals surface area contributed by atoms with Crippen molar-refractivity contribution in [1.82, 2.24) is 0 Å². The van der Waals surface area contributed by atoms with Crippen LogP contribution in [0.25, 0.3) is 0 Å².